The van der Waals surface area contributed by atoms with E-state index in [1.165, 1.54) is 20.2 Å². The zero-order valence-electron chi connectivity index (χ0n) is 21.3. The average Bonchev–Trinajstić information content (AvgIpc) is 3.23. The van der Waals surface area contributed by atoms with Crippen LogP contribution in [0.3, 0.4) is 0 Å². The number of imide groups is 2. The lowest BCUT2D eigenvalue weighted by Gasteiger charge is -2.50. The van der Waals surface area contributed by atoms with Gasteiger partial charge in [0.1, 0.15) is 18.1 Å². The number of allylic oxidation sites excluding steroid dienone is 2. The van der Waals surface area contributed by atoms with E-state index >= 15 is 0 Å². The highest BCUT2D eigenvalue weighted by Gasteiger charge is 2.76. The molecular formula is C29H26Cl2N2O6. The van der Waals surface area contributed by atoms with Crippen molar-refractivity contribution in [2.45, 2.75) is 35.1 Å². The van der Waals surface area contributed by atoms with Crippen LogP contribution in [-0.2, 0) is 25.8 Å². The number of halogens is 2. The number of alkyl halides is 2. The first kappa shape index (κ1) is 25.9. The molecule has 6 unspecified atom stereocenters. The highest BCUT2D eigenvalue weighted by molar-refractivity contribution is 6.53. The van der Waals surface area contributed by atoms with Gasteiger partial charge in [-0.1, -0.05) is 48.0 Å². The average molecular weight is 569 g/mol. The Morgan fingerprint density at radius 1 is 0.949 bits per heavy atom. The van der Waals surface area contributed by atoms with Crippen LogP contribution in [0, 0.1) is 17.8 Å². The molecule has 2 saturated heterocycles. The Bertz CT molecular complexity index is 1460. The number of rotatable bonds is 4. The summed E-state index contributed by atoms with van der Waals surface area (Å²) >= 11 is 14.2. The number of amides is 4. The molecule has 4 amide bonds. The molecule has 2 aliphatic carbocycles. The number of phenols is 1. The smallest absolute Gasteiger partial charge is 0.253 e. The number of fused-ring (bicyclic) bond motifs is 4. The first-order valence-corrected chi connectivity index (χ1v) is 13.5. The lowest BCUT2D eigenvalue weighted by molar-refractivity contribution is -0.140. The van der Waals surface area contributed by atoms with E-state index in [1.54, 1.807) is 12.1 Å². The van der Waals surface area contributed by atoms with Crippen LogP contribution in [0.15, 0.2) is 60.2 Å². The molecule has 0 aromatic heterocycles. The maximum atomic E-state index is 13.6. The van der Waals surface area contributed by atoms with Crippen LogP contribution in [0.25, 0.3) is 0 Å². The molecule has 8 nitrogen and oxygen atoms in total. The minimum Gasteiger partial charge on any atom is -0.508 e. The zero-order chi connectivity index (χ0) is 27.9. The summed E-state index contributed by atoms with van der Waals surface area (Å²) in [5.41, 5.74) is 1.87. The van der Waals surface area contributed by atoms with Crippen LogP contribution in [0.4, 0.5) is 0 Å². The number of ether oxygens (including phenoxy) is 1. The molecule has 0 spiro atoms. The summed E-state index contributed by atoms with van der Waals surface area (Å²) in [7, 11) is 2.77. The van der Waals surface area contributed by atoms with Crippen molar-refractivity contribution in [1.82, 2.24) is 9.80 Å². The number of benzene rings is 2. The van der Waals surface area contributed by atoms with E-state index in [1.807, 2.05) is 36.4 Å². The second-order valence-corrected chi connectivity index (χ2v) is 12.0. The fraction of sp³-hybridized carbons (Fsp3) is 0.379. The van der Waals surface area contributed by atoms with Crippen molar-refractivity contribution in [3.63, 3.8) is 0 Å². The molecular weight excluding hydrogens is 543 g/mol. The fourth-order valence-corrected chi connectivity index (χ4v) is 7.86. The molecule has 6 atom stereocenters. The lowest BCUT2D eigenvalue weighted by Crippen LogP contribution is -2.60. The Kier molecular flexibility index (Phi) is 5.86. The van der Waals surface area contributed by atoms with E-state index in [4.69, 9.17) is 27.9 Å². The molecule has 2 aromatic carbocycles. The van der Waals surface area contributed by atoms with E-state index in [0.29, 0.717) is 11.3 Å². The van der Waals surface area contributed by atoms with Gasteiger partial charge in [-0.3, -0.25) is 29.0 Å². The van der Waals surface area contributed by atoms with E-state index in [2.05, 4.69) is 0 Å². The normalized spacial score (nSPS) is 33.6. The molecule has 2 heterocycles. The summed E-state index contributed by atoms with van der Waals surface area (Å²) in [6.45, 7) is 0.283. The second-order valence-electron chi connectivity index (χ2n) is 10.7. The summed E-state index contributed by atoms with van der Waals surface area (Å²) in [5.74, 6) is -4.70. The van der Waals surface area contributed by atoms with Gasteiger partial charge < -0.3 is 9.84 Å². The quantitative estimate of drug-likeness (QED) is 0.343. The first-order valence-electron chi connectivity index (χ1n) is 12.7. The van der Waals surface area contributed by atoms with E-state index in [0.717, 1.165) is 15.4 Å². The Balaban J connectivity index is 1.45. The third kappa shape index (κ3) is 3.44. The van der Waals surface area contributed by atoms with Crippen molar-refractivity contribution in [3.8, 4) is 11.5 Å². The van der Waals surface area contributed by atoms with Crippen LogP contribution in [-0.4, -0.2) is 62.4 Å². The van der Waals surface area contributed by atoms with E-state index < -0.39 is 45.2 Å². The topological polar surface area (TPSA) is 104 Å². The van der Waals surface area contributed by atoms with Gasteiger partial charge >= 0.3 is 0 Å². The van der Waals surface area contributed by atoms with Crippen molar-refractivity contribution in [2.75, 3.05) is 14.1 Å². The number of aromatic hydroxyl groups is 1. The summed E-state index contributed by atoms with van der Waals surface area (Å²) in [6.07, 6.45) is 2.03. The summed E-state index contributed by atoms with van der Waals surface area (Å²) < 4.78 is 5.85. The SMILES string of the molecule is CN1C(=O)C2CC=C3C(CC4(Cl)C(=O)N(C)C(=O)C4(Cl)C3c3ccc(OCc4ccccc4)cc3O)C2C1=O. The van der Waals surface area contributed by atoms with Gasteiger partial charge in [0.15, 0.2) is 9.75 Å². The van der Waals surface area contributed by atoms with Crippen molar-refractivity contribution in [2.24, 2.45) is 17.8 Å². The molecule has 1 N–H and O–H groups in total. The first-order chi connectivity index (χ1) is 18.5. The van der Waals surface area contributed by atoms with Gasteiger partial charge in [-0.15, -0.1) is 23.2 Å². The van der Waals surface area contributed by atoms with Gasteiger partial charge in [-0.25, -0.2) is 0 Å². The van der Waals surface area contributed by atoms with E-state index in [-0.39, 0.29) is 42.6 Å². The van der Waals surface area contributed by atoms with Crippen LogP contribution in [0.1, 0.15) is 29.9 Å². The molecule has 6 rings (SSSR count). The molecule has 2 aromatic rings. The molecule has 0 bridgehead atoms. The molecule has 4 aliphatic rings. The Morgan fingerprint density at radius 2 is 1.67 bits per heavy atom. The number of carbonyl (C=O) groups is 4. The van der Waals surface area contributed by atoms with Gasteiger partial charge in [0.25, 0.3) is 11.8 Å². The zero-order valence-corrected chi connectivity index (χ0v) is 22.8. The van der Waals surface area contributed by atoms with Crippen LogP contribution < -0.4 is 4.74 Å². The minimum absolute atomic E-state index is 0.0810. The molecule has 3 fully saturated rings. The third-order valence-corrected chi connectivity index (χ3v) is 10.2. The van der Waals surface area contributed by atoms with Gasteiger partial charge in [0.2, 0.25) is 11.8 Å². The predicted molar refractivity (Wildman–Crippen MR) is 142 cm³/mol. The summed E-state index contributed by atoms with van der Waals surface area (Å²) in [4.78, 5) is 51.2. The van der Waals surface area contributed by atoms with Crippen molar-refractivity contribution >= 4 is 46.8 Å². The molecule has 0 radical (unpaired) electrons. The molecule has 10 heteroatoms. The largest absolute Gasteiger partial charge is 0.508 e. The molecule has 1 saturated carbocycles. The maximum absolute atomic E-state index is 13.6. The second kappa shape index (κ2) is 8.83. The highest BCUT2D eigenvalue weighted by atomic mass is 35.5. The van der Waals surface area contributed by atoms with Crippen LogP contribution in [0.5, 0.6) is 11.5 Å². The van der Waals surface area contributed by atoms with Gasteiger partial charge in [0, 0.05) is 31.6 Å². The van der Waals surface area contributed by atoms with E-state index in [9.17, 15) is 24.3 Å². The minimum atomic E-state index is -1.95. The van der Waals surface area contributed by atoms with Crippen molar-refractivity contribution in [3.05, 3.63) is 71.3 Å². The number of phenolic OH excluding ortho intramolecular Hbond substituents is 1. The Labute approximate surface area is 235 Å². The number of likely N-dealkylation sites (tertiary alicyclic amines) is 2. The molecule has 2 aliphatic heterocycles. The maximum Gasteiger partial charge on any atom is 0.253 e. The standard InChI is InChI=1S/C29H26Cl2N2O6/c1-32-24(35)19-11-10-17-20(22(19)25(32)36)13-28(30)26(37)33(2)27(38)29(28,31)23(17)18-9-8-16(12-21(18)34)39-14-15-6-4-3-5-7-15/h3-10,12,19-20,22-23,34H,11,13-14H2,1-2H3. The Hall–Kier alpha value is -3.36. The van der Waals surface area contributed by atoms with Crippen LogP contribution in [0.2, 0.25) is 0 Å². The van der Waals surface area contributed by atoms with Gasteiger partial charge in [-0.2, -0.15) is 0 Å². The van der Waals surface area contributed by atoms with Crippen molar-refractivity contribution < 1.29 is 29.0 Å². The predicted octanol–water partition coefficient (Wildman–Crippen LogP) is 3.59. The van der Waals surface area contributed by atoms with Gasteiger partial charge in [-0.05, 0) is 30.4 Å². The van der Waals surface area contributed by atoms with Crippen molar-refractivity contribution in [1.29, 1.82) is 0 Å². The summed E-state index contributed by atoms with van der Waals surface area (Å²) in [6, 6.07) is 14.3. The molecule has 202 valence electrons. The number of hydrogen-bond donors (Lipinski definition) is 1. The monoisotopic (exact) mass is 568 g/mol. The highest BCUT2D eigenvalue weighted by Crippen LogP contribution is 2.66. The Morgan fingerprint density at radius 3 is 2.36 bits per heavy atom. The van der Waals surface area contributed by atoms with Crippen LogP contribution >= 0.6 is 23.2 Å². The third-order valence-electron chi connectivity index (χ3n) is 8.80. The van der Waals surface area contributed by atoms with Gasteiger partial charge in [0.05, 0.1) is 11.8 Å². The summed E-state index contributed by atoms with van der Waals surface area (Å²) in [5, 5.41) is 11.2. The fourth-order valence-electron chi connectivity index (χ4n) is 6.85. The number of nitrogens with zero attached hydrogens (tertiary/aromatic N) is 2. The lowest BCUT2D eigenvalue weighted by atomic mass is 9.56. The molecule has 39 heavy (non-hydrogen) atoms. The number of carbonyl (C=O) groups excluding carboxylic acids is 4. The number of hydrogen-bond acceptors (Lipinski definition) is 6.